The fourth-order valence-electron chi connectivity index (χ4n) is 3.14. The number of hydrogen-bond donors (Lipinski definition) is 4. The van der Waals surface area contributed by atoms with Gasteiger partial charge >= 0.3 is 0 Å². The molecule has 2 aromatic rings. The van der Waals surface area contributed by atoms with Crippen molar-refractivity contribution in [2.75, 3.05) is 18.9 Å². The number of H-pyrrole nitrogens is 1. The average Bonchev–Trinajstić information content (AvgIpc) is 2.96. The summed E-state index contributed by atoms with van der Waals surface area (Å²) in [4.78, 5) is 22.3. The van der Waals surface area contributed by atoms with E-state index in [1.807, 2.05) is 0 Å². The first-order chi connectivity index (χ1) is 10.6. The lowest BCUT2D eigenvalue weighted by atomic mass is 9.86. The molecule has 0 aliphatic carbocycles. The van der Waals surface area contributed by atoms with Crippen LogP contribution in [0.1, 0.15) is 12.6 Å². The van der Waals surface area contributed by atoms with Gasteiger partial charge in [-0.25, -0.2) is 4.98 Å². The second-order valence-corrected chi connectivity index (χ2v) is 5.48. The van der Waals surface area contributed by atoms with Gasteiger partial charge in [-0.2, -0.15) is 4.98 Å². The Hall–Kier alpha value is -2.01. The number of fused-ring (bicyclic) bond motifs is 1. The minimum Gasteiger partial charge on any atom is -0.394 e. The second-order valence-electron chi connectivity index (χ2n) is 5.48. The van der Waals surface area contributed by atoms with Crippen molar-refractivity contribution < 1.29 is 19.7 Å². The maximum absolute atomic E-state index is 11.8. The fourth-order valence-corrected chi connectivity index (χ4v) is 3.14. The molecular weight excluding hydrogens is 294 g/mol. The number of hydrogen-bond acceptors (Lipinski definition) is 8. The highest BCUT2D eigenvalue weighted by molar-refractivity contribution is 5.70. The first kappa shape index (κ1) is 13.6. The highest BCUT2D eigenvalue weighted by Crippen LogP contribution is 2.48. The molecule has 0 bridgehead atoms. The van der Waals surface area contributed by atoms with Crippen molar-refractivity contribution in [1.29, 1.82) is 0 Å². The van der Waals surface area contributed by atoms with Crippen LogP contribution in [0, 0.1) is 0 Å². The molecule has 118 valence electrons. The van der Waals surface area contributed by atoms with E-state index in [0.29, 0.717) is 13.0 Å². The van der Waals surface area contributed by atoms with Gasteiger partial charge in [0.2, 0.25) is 5.95 Å². The lowest BCUT2D eigenvalue weighted by Crippen LogP contribution is -2.56. The summed E-state index contributed by atoms with van der Waals surface area (Å²) in [5, 5.41) is 19.7. The molecule has 10 nitrogen and oxygen atoms in total. The Morgan fingerprint density at radius 1 is 1.59 bits per heavy atom. The van der Waals surface area contributed by atoms with Crippen LogP contribution in [0.3, 0.4) is 0 Å². The summed E-state index contributed by atoms with van der Waals surface area (Å²) < 4.78 is 12.8. The highest BCUT2D eigenvalue weighted by atomic mass is 16.6. The van der Waals surface area contributed by atoms with Gasteiger partial charge in [0.1, 0.15) is 17.8 Å². The Bertz CT molecular complexity index is 782. The maximum atomic E-state index is 11.8. The smallest absolute Gasteiger partial charge is 0.280 e. The van der Waals surface area contributed by atoms with E-state index in [-0.39, 0.29) is 23.7 Å². The van der Waals surface area contributed by atoms with Gasteiger partial charge in [-0.1, -0.05) is 0 Å². The highest BCUT2D eigenvalue weighted by Gasteiger charge is 2.61. The molecule has 2 aromatic heterocycles. The minimum atomic E-state index is -0.979. The van der Waals surface area contributed by atoms with Crippen LogP contribution in [0.4, 0.5) is 5.95 Å². The first-order valence-corrected chi connectivity index (χ1v) is 6.87. The van der Waals surface area contributed by atoms with Gasteiger partial charge in [-0.15, -0.1) is 0 Å². The quantitative estimate of drug-likeness (QED) is 0.503. The zero-order valence-electron chi connectivity index (χ0n) is 11.5. The number of aromatic amines is 1. The van der Waals surface area contributed by atoms with Crippen molar-refractivity contribution in [3.8, 4) is 0 Å². The maximum Gasteiger partial charge on any atom is 0.280 e. The molecule has 2 aliphatic rings. The predicted molar refractivity (Wildman–Crippen MR) is 72.9 cm³/mol. The number of aliphatic hydroxyl groups excluding tert-OH is 2. The number of aromatic nitrogens is 4. The van der Waals surface area contributed by atoms with Crippen molar-refractivity contribution in [3.05, 3.63) is 16.7 Å². The van der Waals surface area contributed by atoms with E-state index < -0.39 is 29.6 Å². The number of nitrogens with two attached hydrogens (primary N) is 1. The van der Waals surface area contributed by atoms with Gasteiger partial charge < -0.3 is 25.4 Å². The summed E-state index contributed by atoms with van der Waals surface area (Å²) in [5.74, 6) is -0.0416. The molecule has 4 rings (SSSR count). The van der Waals surface area contributed by atoms with E-state index in [0.717, 1.165) is 0 Å². The monoisotopic (exact) mass is 309 g/mol. The van der Waals surface area contributed by atoms with Gasteiger partial charge in [-0.3, -0.25) is 14.3 Å². The second kappa shape index (κ2) is 4.49. The zero-order valence-corrected chi connectivity index (χ0v) is 11.5. The van der Waals surface area contributed by atoms with Gasteiger partial charge in [0.25, 0.3) is 5.56 Å². The molecular formula is C12H15N5O5. The van der Waals surface area contributed by atoms with E-state index in [1.54, 1.807) is 0 Å². The van der Waals surface area contributed by atoms with Crippen LogP contribution in [-0.2, 0) is 9.47 Å². The van der Waals surface area contributed by atoms with Crippen molar-refractivity contribution >= 4 is 17.1 Å². The summed E-state index contributed by atoms with van der Waals surface area (Å²) in [6.45, 7) is 0.142. The van der Waals surface area contributed by atoms with Crippen molar-refractivity contribution in [2.24, 2.45) is 0 Å². The van der Waals surface area contributed by atoms with Crippen molar-refractivity contribution in [3.63, 3.8) is 0 Å². The fraction of sp³-hybridized carbons (Fsp3) is 0.583. The molecule has 0 radical (unpaired) electrons. The SMILES string of the molecule is Nc1nc2c(ncn2C2OC(CO)[C@@H](O)[C@]23CCO3)c(=O)[nH]1. The molecule has 22 heavy (non-hydrogen) atoms. The molecule has 0 amide bonds. The lowest BCUT2D eigenvalue weighted by molar-refractivity contribution is -0.225. The number of aliphatic hydroxyl groups is 2. The Morgan fingerprint density at radius 3 is 3.00 bits per heavy atom. The standard InChI is InChI=1S/C12H15N5O5/c13-11-15-8-6(9(20)16-11)14-4-17(8)10-12(1-2-21-12)7(19)5(3-18)22-10/h4-5,7,10,18-19H,1-3H2,(H3,13,15,16,20)/t5?,7-,10?,12-/m1/s1. The third-order valence-electron chi connectivity index (χ3n) is 4.32. The first-order valence-electron chi connectivity index (χ1n) is 6.87. The number of nitrogens with one attached hydrogen (secondary N) is 1. The Labute approximate surface area is 123 Å². The molecule has 1 spiro atoms. The molecule has 0 aromatic carbocycles. The normalized spacial score (nSPS) is 34.4. The molecule has 2 fully saturated rings. The van der Waals surface area contributed by atoms with Gasteiger partial charge in [0, 0.05) is 6.42 Å². The van der Waals surface area contributed by atoms with Crippen LogP contribution in [0.25, 0.3) is 11.2 Å². The molecule has 2 saturated heterocycles. The van der Waals surface area contributed by atoms with Crippen LogP contribution in [0.15, 0.2) is 11.1 Å². The Balaban J connectivity index is 1.86. The number of imidazole rings is 1. The lowest BCUT2D eigenvalue weighted by Gasteiger charge is -2.44. The number of anilines is 1. The van der Waals surface area contributed by atoms with E-state index in [4.69, 9.17) is 15.2 Å². The number of nitrogens with zero attached hydrogens (tertiary/aromatic N) is 3. The molecule has 10 heteroatoms. The topological polar surface area (TPSA) is 149 Å². The molecule has 2 aliphatic heterocycles. The number of nitrogen functional groups attached to an aromatic ring is 1. The average molecular weight is 309 g/mol. The number of ether oxygens (including phenoxy) is 2. The summed E-state index contributed by atoms with van der Waals surface area (Å²) in [7, 11) is 0. The van der Waals surface area contributed by atoms with E-state index >= 15 is 0 Å². The van der Waals surface area contributed by atoms with Crippen molar-refractivity contribution in [2.45, 2.75) is 30.5 Å². The van der Waals surface area contributed by atoms with Crippen LogP contribution in [0.2, 0.25) is 0 Å². The largest absolute Gasteiger partial charge is 0.394 e. The molecule has 5 N–H and O–H groups in total. The Kier molecular flexibility index (Phi) is 2.78. The van der Waals surface area contributed by atoms with E-state index in [9.17, 15) is 15.0 Å². The molecule has 0 saturated carbocycles. The van der Waals surface area contributed by atoms with E-state index in [1.165, 1.54) is 10.9 Å². The summed E-state index contributed by atoms with van der Waals surface area (Å²) >= 11 is 0. The Morgan fingerprint density at radius 2 is 2.36 bits per heavy atom. The number of rotatable bonds is 2. The van der Waals surface area contributed by atoms with Crippen molar-refractivity contribution in [1.82, 2.24) is 19.5 Å². The minimum absolute atomic E-state index is 0.0416. The van der Waals surface area contributed by atoms with Crippen LogP contribution in [0.5, 0.6) is 0 Å². The van der Waals surface area contributed by atoms with Gasteiger partial charge in [0.05, 0.1) is 19.5 Å². The van der Waals surface area contributed by atoms with Gasteiger partial charge in [-0.05, 0) is 0 Å². The molecule has 4 atom stereocenters. The van der Waals surface area contributed by atoms with E-state index in [2.05, 4.69) is 15.0 Å². The molecule has 2 unspecified atom stereocenters. The zero-order chi connectivity index (χ0) is 15.5. The third kappa shape index (κ3) is 1.60. The predicted octanol–water partition coefficient (Wildman–Crippen LogP) is -1.89. The summed E-state index contributed by atoms with van der Waals surface area (Å²) in [6.07, 6.45) is -0.539. The van der Waals surface area contributed by atoms with Gasteiger partial charge in [0.15, 0.2) is 17.4 Å². The van der Waals surface area contributed by atoms with Crippen LogP contribution < -0.4 is 11.3 Å². The molecule has 4 heterocycles. The van der Waals surface area contributed by atoms with Crippen LogP contribution in [-0.4, -0.2) is 60.8 Å². The third-order valence-corrected chi connectivity index (χ3v) is 4.32. The summed E-state index contributed by atoms with van der Waals surface area (Å²) in [5.41, 5.74) is 4.51. The van der Waals surface area contributed by atoms with Crippen LogP contribution >= 0.6 is 0 Å². The summed E-state index contributed by atoms with van der Waals surface area (Å²) in [6, 6.07) is 0.